The maximum absolute atomic E-state index is 12.3. The monoisotopic (exact) mass is 253 g/mol. The molecule has 2 unspecified atom stereocenters. The minimum absolute atomic E-state index is 0.0424. The molecule has 0 aromatic rings. The van der Waals surface area contributed by atoms with Crippen LogP contribution >= 0.6 is 0 Å². The Morgan fingerprint density at radius 2 is 1.72 bits per heavy atom. The summed E-state index contributed by atoms with van der Waals surface area (Å²) < 4.78 is 12.3. The summed E-state index contributed by atoms with van der Waals surface area (Å²) in [6.07, 6.45) is 14.1. The third-order valence-electron chi connectivity index (χ3n) is 2.99. The molecular formula is C14H24FN3. The molecule has 1 rings (SSSR count). The van der Waals surface area contributed by atoms with E-state index < -0.39 is 6.30 Å². The number of allylic oxidation sites excluding steroid dienone is 4. The van der Waals surface area contributed by atoms with Crippen LogP contribution in [0.3, 0.4) is 0 Å². The molecule has 0 saturated carbocycles. The molecule has 1 aliphatic heterocycles. The van der Waals surface area contributed by atoms with Crippen molar-refractivity contribution in [3.8, 4) is 0 Å². The summed E-state index contributed by atoms with van der Waals surface area (Å²) in [4.78, 5) is 0. The van der Waals surface area contributed by atoms with E-state index in [1.54, 1.807) is 0 Å². The lowest BCUT2D eigenvalue weighted by Gasteiger charge is -2.15. The molecule has 0 aromatic heterocycles. The molecule has 0 saturated heterocycles. The average molecular weight is 253 g/mol. The zero-order valence-electron chi connectivity index (χ0n) is 10.8. The topological polar surface area (TPSA) is 64.1 Å². The second-order valence-electron chi connectivity index (χ2n) is 4.62. The molecule has 1 aliphatic rings. The molecule has 0 fully saturated rings. The molecule has 3 nitrogen and oxygen atoms in total. The zero-order chi connectivity index (χ0) is 13.2. The van der Waals surface area contributed by atoms with Crippen LogP contribution in [0.15, 0.2) is 36.2 Å². The maximum atomic E-state index is 12.3. The highest BCUT2D eigenvalue weighted by Crippen LogP contribution is 2.11. The van der Waals surface area contributed by atoms with E-state index in [-0.39, 0.29) is 6.04 Å². The van der Waals surface area contributed by atoms with Gasteiger partial charge in [-0.05, 0) is 31.4 Å². The van der Waals surface area contributed by atoms with Crippen LogP contribution in [0.4, 0.5) is 4.39 Å². The number of rotatable bonds is 8. The Hall–Kier alpha value is -1.13. The number of unbranched alkanes of at least 4 members (excludes halogenated alkanes) is 3. The number of hydrogen-bond donors (Lipinski definition) is 3. The van der Waals surface area contributed by atoms with Gasteiger partial charge in [-0.25, -0.2) is 4.39 Å². The van der Waals surface area contributed by atoms with Crippen LogP contribution in [0.1, 0.15) is 38.5 Å². The highest BCUT2D eigenvalue weighted by atomic mass is 19.1. The third-order valence-corrected chi connectivity index (χ3v) is 2.99. The Labute approximate surface area is 109 Å². The van der Waals surface area contributed by atoms with E-state index in [2.05, 4.69) is 5.32 Å². The lowest BCUT2D eigenvalue weighted by atomic mass is 10.0. The molecule has 0 bridgehead atoms. The van der Waals surface area contributed by atoms with Gasteiger partial charge in [-0.2, -0.15) is 0 Å². The molecule has 0 radical (unpaired) electrons. The van der Waals surface area contributed by atoms with Crippen LogP contribution in [-0.2, 0) is 0 Å². The molecule has 1 heterocycles. The van der Waals surface area contributed by atoms with Gasteiger partial charge in [0, 0.05) is 17.9 Å². The number of nitrogens with two attached hydrogens (primary N) is 2. The van der Waals surface area contributed by atoms with Crippen molar-refractivity contribution in [2.45, 2.75) is 50.9 Å². The zero-order valence-corrected chi connectivity index (χ0v) is 10.8. The normalized spacial score (nSPS) is 17.8. The van der Waals surface area contributed by atoms with Gasteiger partial charge in [-0.1, -0.05) is 31.4 Å². The van der Waals surface area contributed by atoms with Crippen LogP contribution in [0.2, 0.25) is 0 Å². The van der Waals surface area contributed by atoms with Crippen molar-refractivity contribution in [3.05, 3.63) is 36.2 Å². The lowest BCUT2D eigenvalue weighted by Crippen LogP contribution is -2.28. The summed E-state index contributed by atoms with van der Waals surface area (Å²) in [5.74, 6) is 0. The first-order valence-corrected chi connectivity index (χ1v) is 6.65. The predicted molar refractivity (Wildman–Crippen MR) is 74.3 cm³/mol. The number of hydrogen-bond acceptors (Lipinski definition) is 3. The van der Waals surface area contributed by atoms with Gasteiger partial charge in [0.25, 0.3) is 0 Å². The Morgan fingerprint density at radius 1 is 1.00 bits per heavy atom. The van der Waals surface area contributed by atoms with Gasteiger partial charge < -0.3 is 16.8 Å². The van der Waals surface area contributed by atoms with Crippen molar-refractivity contribution in [2.75, 3.05) is 0 Å². The smallest absolute Gasteiger partial charge is 0.148 e. The molecule has 0 amide bonds. The van der Waals surface area contributed by atoms with E-state index in [0.717, 1.165) is 37.8 Å². The van der Waals surface area contributed by atoms with Gasteiger partial charge in [-0.3, -0.25) is 0 Å². The van der Waals surface area contributed by atoms with E-state index >= 15 is 0 Å². The second kappa shape index (κ2) is 8.89. The van der Waals surface area contributed by atoms with Crippen LogP contribution < -0.4 is 16.8 Å². The molecule has 18 heavy (non-hydrogen) atoms. The Morgan fingerprint density at radius 3 is 2.44 bits per heavy atom. The molecule has 0 aliphatic carbocycles. The fourth-order valence-electron chi connectivity index (χ4n) is 1.91. The van der Waals surface area contributed by atoms with Crippen molar-refractivity contribution < 1.29 is 4.39 Å². The summed E-state index contributed by atoms with van der Waals surface area (Å²) in [5.41, 5.74) is 12.2. The van der Waals surface area contributed by atoms with E-state index in [4.69, 9.17) is 11.5 Å². The van der Waals surface area contributed by atoms with Crippen molar-refractivity contribution in [1.82, 2.24) is 5.32 Å². The largest absolute Gasteiger partial charge is 0.364 e. The minimum atomic E-state index is -1.16. The van der Waals surface area contributed by atoms with Crippen LogP contribution in [0, 0.1) is 0 Å². The molecule has 4 heteroatoms. The summed E-state index contributed by atoms with van der Waals surface area (Å²) in [7, 11) is 0. The van der Waals surface area contributed by atoms with E-state index in [1.807, 2.05) is 30.5 Å². The van der Waals surface area contributed by atoms with Gasteiger partial charge in [0.15, 0.2) is 0 Å². The van der Waals surface area contributed by atoms with Crippen molar-refractivity contribution >= 4 is 0 Å². The van der Waals surface area contributed by atoms with Crippen LogP contribution in [0.5, 0.6) is 0 Å². The SMILES string of the molecule is NC(F)CCCCCCC(N)C1=CC=CC=CN1. The highest BCUT2D eigenvalue weighted by Gasteiger charge is 2.07. The summed E-state index contributed by atoms with van der Waals surface area (Å²) in [6.45, 7) is 0. The quantitative estimate of drug-likeness (QED) is 0.460. The van der Waals surface area contributed by atoms with Gasteiger partial charge in [0.2, 0.25) is 0 Å². The molecule has 2 atom stereocenters. The van der Waals surface area contributed by atoms with Crippen LogP contribution in [0.25, 0.3) is 0 Å². The molecule has 102 valence electrons. The Kier molecular flexibility index (Phi) is 7.37. The Bertz CT molecular complexity index is 308. The molecular weight excluding hydrogens is 229 g/mol. The number of halogens is 1. The fourth-order valence-corrected chi connectivity index (χ4v) is 1.91. The first-order chi connectivity index (χ1) is 8.70. The molecule has 0 spiro atoms. The van der Waals surface area contributed by atoms with Gasteiger partial charge in [-0.15, -0.1) is 0 Å². The molecule has 5 N–H and O–H groups in total. The summed E-state index contributed by atoms with van der Waals surface area (Å²) in [6, 6.07) is 0.0424. The average Bonchev–Trinajstić information content (AvgIpc) is 2.61. The fraction of sp³-hybridized carbons (Fsp3) is 0.571. The summed E-state index contributed by atoms with van der Waals surface area (Å²) in [5, 5.41) is 3.18. The second-order valence-corrected chi connectivity index (χ2v) is 4.62. The van der Waals surface area contributed by atoms with Crippen LogP contribution in [-0.4, -0.2) is 12.3 Å². The number of nitrogens with one attached hydrogen (secondary N) is 1. The predicted octanol–water partition coefficient (Wildman–Crippen LogP) is 2.47. The van der Waals surface area contributed by atoms with Gasteiger partial charge in [0.05, 0.1) is 0 Å². The Balaban J connectivity index is 2.10. The standard InChI is InChI=1S/C14H24FN3/c15-14(17)10-6-2-1-4-8-12(16)13-9-5-3-7-11-18-13/h3,5,7,9,11-12,14,18H,1-2,4,6,8,10,16-17H2. The van der Waals surface area contributed by atoms with Gasteiger partial charge in [0.1, 0.15) is 6.30 Å². The highest BCUT2D eigenvalue weighted by molar-refractivity contribution is 5.23. The van der Waals surface area contributed by atoms with E-state index in [9.17, 15) is 4.39 Å². The van der Waals surface area contributed by atoms with Crippen molar-refractivity contribution in [1.29, 1.82) is 0 Å². The number of alkyl halides is 1. The maximum Gasteiger partial charge on any atom is 0.148 e. The lowest BCUT2D eigenvalue weighted by molar-refractivity contribution is 0.313. The van der Waals surface area contributed by atoms with Gasteiger partial charge >= 0.3 is 0 Å². The van der Waals surface area contributed by atoms with E-state index in [0.29, 0.717) is 6.42 Å². The molecule has 0 aromatic carbocycles. The third kappa shape index (κ3) is 6.57. The first kappa shape index (κ1) is 14.9. The van der Waals surface area contributed by atoms with Crippen molar-refractivity contribution in [2.24, 2.45) is 11.5 Å². The first-order valence-electron chi connectivity index (χ1n) is 6.65. The van der Waals surface area contributed by atoms with E-state index in [1.165, 1.54) is 0 Å². The summed E-state index contributed by atoms with van der Waals surface area (Å²) >= 11 is 0. The minimum Gasteiger partial charge on any atom is -0.364 e. The van der Waals surface area contributed by atoms with Crippen molar-refractivity contribution in [3.63, 3.8) is 0 Å².